The number of aryl methyl sites for hydroxylation is 1. The molecular weight excluding hydrogens is 272 g/mol. The first kappa shape index (κ1) is 11.0. The Kier molecular flexibility index (Phi) is 2.87. The zero-order valence-electron chi connectivity index (χ0n) is 8.95. The van der Waals surface area contributed by atoms with Crippen LogP contribution in [0.1, 0.15) is 5.56 Å². The van der Waals surface area contributed by atoms with E-state index in [1.54, 1.807) is 13.2 Å². The summed E-state index contributed by atoms with van der Waals surface area (Å²) in [7, 11) is 1.64. The lowest BCUT2D eigenvalue weighted by atomic mass is 10.1. The number of hydrogen-bond donors (Lipinski definition) is 1. The average Bonchev–Trinajstić information content (AvgIpc) is 2.64. The molecule has 0 radical (unpaired) electrons. The third-order valence-electron chi connectivity index (χ3n) is 2.26. The van der Waals surface area contributed by atoms with Crippen molar-refractivity contribution in [3.8, 4) is 17.0 Å². The Labute approximate surface area is 102 Å². The highest BCUT2D eigenvalue weighted by atomic mass is 79.9. The van der Waals surface area contributed by atoms with Gasteiger partial charge in [0.2, 0.25) is 5.88 Å². The van der Waals surface area contributed by atoms with Crippen LogP contribution < -0.4 is 10.5 Å². The Morgan fingerprint density at radius 3 is 2.62 bits per heavy atom. The van der Waals surface area contributed by atoms with E-state index >= 15 is 0 Å². The lowest BCUT2D eigenvalue weighted by Gasteiger charge is -2.08. The maximum atomic E-state index is 5.48. The van der Waals surface area contributed by atoms with Crippen molar-refractivity contribution in [2.75, 3.05) is 12.8 Å². The first-order valence-electron chi connectivity index (χ1n) is 4.68. The van der Waals surface area contributed by atoms with E-state index in [2.05, 4.69) is 21.1 Å². The monoisotopic (exact) mass is 282 g/mol. The molecule has 16 heavy (non-hydrogen) atoms. The third-order valence-corrected chi connectivity index (χ3v) is 2.85. The molecule has 0 bridgehead atoms. The maximum absolute atomic E-state index is 5.48. The van der Waals surface area contributed by atoms with Gasteiger partial charge in [0.05, 0.1) is 11.6 Å². The van der Waals surface area contributed by atoms with Gasteiger partial charge < -0.3 is 15.0 Å². The van der Waals surface area contributed by atoms with E-state index in [1.165, 1.54) is 0 Å². The van der Waals surface area contributed by atoms with Gasteiger partial charge >= 0.3 is 0 Å². The van der Waals surface area contributed by atoms with E-state index in [1.807, 2.05) is 19.1 Å². The van der Waals surface area contributed by atoms with Gasteiger partial charge in [-0.05, 0) is 40.5 Å². The van der Waals surface area contributed by atoms with Crippen LogP contribution in [0.4, 0.5) is 5.88 Å². The van der Waals surface area contributed by atoms with Gasteiger partial charge in [-0.2, -0.15) is 0 Å². The van der Waals surface area contributed by atoms with Gasteiger partial charge in [-0.1, -0.05) is 5.16 Å². The van der Waals surface area contributed by atoms with Crippen molar-refractivity contribution in [1.82, 2.24) is 5.16 Å². The highest BCUT2D eigenvalue weighted by molar-refractivity contribution is 9.10. The van der Waals surface area contributed by atoms with Gasteiger partial charge in [0, 0.05) is 11.6 Å². The summed E-state index contributed by atoms with van der Waals surface area (Å²) >= 11 is 3.45. The molecule has 1 aromatic carbocycles. The number of halogens is 1. The third kappa shape index (κ3) is 1.90. The quantitative estimate of drug-likeness (QED) is 0.920. The molecule has 0 unspecified atom stereocenters. The molecule has 5 heteroatoms. The highest BCUT2D eigenvalue weighted by Gasteiger charge is 2.10. The number of nitrogens with zero attached hydrogens (tertiary/aromatic N) is 1. The molecule has 4 nitrogen and oxygen atoms in total. The lowest BCUT2D eigenvalue weighted by molar-refractivity contribution is 0.409. The number of nitrogen functional groups attached to an aromatic ring is 1. The maximum Gasteiger partial charge on any atom is 0.222 e. The topological polar surface area (TPSA) is 61.3 Å². The number of benzene rings is 1. The van der Waals surface area contributed by atoms with Crippen LogP contribution in [-0.2, 0) is 0 Å². The summed E-state index contributed by atoms with van der Waals surface area (Å²) in [5, 5.41) is 3.86. The molecule has 1 aromatic heterocycles. The molecule has 0 saturated carbocycles. The highest BCUT2D eigenvalue weighted by Crippen LogP contribution is 2.33. The molecule has 0 atom stereocenters. The predicted molar refractivity (Wildman–Crippen MR) is 65.3 cm³/mol. The molecule has 84 valence electrons. The van der Waals surface area contributed by atoms with Crippen molar-refractivity contribution in [1.29, 1.82) is 0 Å². The zero-order chi connectivity index (χ0) is 11.7. The van der Waals surface area contributed by atoms with Crippen LogP contribution in [0.15, 0.2) is 27.2 Å². The van der Waals surface area contributed by atoms with Gasteiger partial charge in [0.15, 0.2) is 0 Å². The van der Waals surface area contributed by atoms with Crippen molar-refractivity contribution in [2.45, 2.75) is 6.92 Å². The minimum absolute atomic E-state index is 0.305. The second-order valence-electron chi connectivity index (χ2n) is 3.42. The second-order valence-corrected chi connectivity index (χ2v) is 4.28. The summed E-state index contributed by atoms with van der Waals surface area (Å²) < 4.78 is 11.0. The van der Waals surface area contributed by atoms with Crippen molar-refractivity contribution >= 4 is 21.8 Å². The van der Waals surface area contributed by atoms with Crippen LogP contribution in [0, 0.1) is 6.92 Å². The molecule has 0 aliphatic rings. The van der Waals surface area contributed by atoms with Gasteiger partial charge in [-0.15, -0.1) is 0 Å². The fraction of sp³-hybridized carbons (Fsp3) is 0.182. The Morgan fingerprint density at radius 1 is 1.38 bits per heavy atom. The van der Waals surface area contributed by atoms with Crippen LogP contribution in [0.2, 0.25) is 0 Å². The number of rotatable bonds is 2. The van der Waals surface area contributed by atoms with Gasteiger partial charge in [-0.25, -0.2) is 0 Å². The summed E-state index contributed by atoms with van der Waals surface area (Å²) in [6.45, 7) is 1.97. The Balaban J connectivity index is 2.52. The van der Waals surface area contributed by atoms with E-state index in [-0.39, 0.29) is 0 Å². The molecule has 0 saturated heterocycles. The summed E-state index contributed by atoms with van der Waals surface area (Å²) in [4.78, 5) is 0. The first-order chi connectivity index (χ1) is 7.61. The molecular formula is C11H11BrN2O2. The average molecular weight is 283 g/mol. The predicted octanol–water partition coefficient (Wildman–Crippen LogP) is 3.00. The number of anilines is 1. The molecule has 2 rings (SSSR count). The number of hydrogen-bond acceptors (Lipinski definition) is 4. The number of nitrogens with two attached hydrogens (primary N) is 1. The molecule has 0 aliphatic carbocycles. The second kappa shape index (κ2) is 4.17. The number of methoxy groups -OCH3 is 1. The number of ether oxygens (including phenoxy) is 1. The molecule has 0 amide bonds. The van der Waals surface area contributed by atoms with E-state index in [0.29, 0.717) is 11.6 Å². The van der Waals surface area contributed by atoms with Crippen LogP contribution in [0.3, 0.4) is 0 Å². The zero-order valence-corrected chi connectivity index (χ0v) is 10.5. The fourth-order valence-electron chi connectivity index (χ4n) is 1.56. The molecule has 2 N–H and O–H groups in total. The van der Waals surface area contributed by atoms with Crippen molar-refractivity contribution in [3.05, 3.63) is 28.2 Å². The van der Waals surface area contributed by atoms with Crippen molar-refractivity contribution in [2.24, 2.45) is 0 Å². The Hall–Kier alpha value is -1.49. The molecule has 0 fully saturated rings. The summed E-state index contributed by atoms with van der Waals surface area (Å²) in [5.41, 5.74) is 8.15. The van der Waals surface area contributed by atoms with Crippen LogP contribution >= 0.6 is 15.9 Å². The Bertz CT molecular complexity index is 499. The van der Waals surface area contributed by atoms with Crippen molar-refractivity contribution in [3.63, 3.8) is 0 Å². The summed E-state index contributed by atoms with van der Waals surface area (Å²) in [6.07, 6.45) is 0. The SMILES string of the molecule is COc1c(C)cc(-c2cc(N)on2)cc1Br. The fourth-order valence-corrected chi connectivity index (χ4v) is 2.28. The van der Waals surface area contributed by atoms with Crippen LogP contribution in [0.25, 0.3) is 11.3 Å². The smallest absolute Gasteiger partial charge is 0.222 e. The molecule has 0 aliphatic heterocycles. The van der Waals surface area contributed by atoms with Crippen molar-refractivity contribution < 1.29 is 9.26 Å². The molecule has 2 aromatic rings. The Morgan fingerprint density at radius 2 is 2.12 bits per heavy atom. The van der Waals surface area contributed by atoms with Gasteiger partial charge in [-0.3, -0.25) is 0 Å². The standard InChI is InChI=1S/C11H11BrN2O2/c1-6-3-7(4-8(12)11(6)15-2)9-5-10(13)16-14-9/h3-5H,13H2,1-2H3. The van der Waals surface area contributed by atoms with Gasteiger partial charge in [0.25, 0.3) is 0 Å². The summed E-state index contributed by atoms with van der Waals surface area (Å²) in [5.74, 6) is 1.12. The van der Waals surface area contributed by atoms with Crippen LogP contribution in [0.5, 0.6) is 5.75 Å². The number of aromatic nitrogens is 1. The van der Waals surface area contributed by atoms with E-state index in [4.69, 9.17) is 15.0 Å². The van der Waals surface area contributed by atoms with E-state index < -0.39 is 0 Å². The van der Waals surface area contributed by atoms with Crippen LogP contribution in [-0.4, -0.2) is 12.3 Å². The van der Waals surface area contributed by atoms with E-state index in [9.17, 15) is 0 Å². The van der Waals surface area contributed by atoms with E-state index in [0.717, 1.165) is 21.3 Å². The lowest BCUT2D eigenvalue weighted by Crippen LogP contribution is -1.90. The first-order valence-corrected chi connectivity index (χ1v) is 5.48. The molecule has 1 heterocycles. The summed E-state index contributed by atoms with van der Waals surface area (Å²) in [6, 6.07) is 5.58. The normalized spacial score (nSPS) is 10.4. The minimum Gasteiger partial charge on any atom is -0.495 e. The largest absolute Gasteiger partial charge is 0.495 e. The molecule has 0 spiro atoms. The van der Waals surface area contributed by atoms with Gasteiger partial charge in [0.1, 0.15) is 11.4 Å². The minimum atomic E-state index is 0.305.